The number of aryl methyl sites for hydroxylation is 2. The molecule has 1 N–H and O–H groups in total. The van der Waals surface area contributed by atoms with Crippen molar-refractivity contribution in [1.82, 2.24) is 4.90 Å². The van der Waals surface area contributed by atoms with Crippen molar-refractivity contribution >= 4 is 23.4 Å². The van der Waals surface area contributed by atoms with E-state index < -0.39 is 6.10 Å². The quantitative estimate of drug-likeness (QED) is 0.544. The third-order valence-electron chi connectivity index (χ3n) is 5.50. The molecule has 172 valence electrons. The zero-order chi connectivity index (χ0) is 21.8. The number of rotatable bonds is 7. The summed E-state index contributed by atoms with van der Waals surface area (Å²) in [7, 11) is 0. The molecular weight excluding hydrogens is 430 g/mol. The van der Waals surface area contributed by atoms with Gasteiger partial charge in [-0.15, -0.1) is 12.4 Å². The summed E-state index contributed by atoms with van der Waals surface area (Å²) in [6, 6.07) is 10.9. The first-order valence-corrected chi connectivity index (χ1v) is 10.8. The minimum absolute atomic E-state index is 0. The minimum Gasteiger partial charge on any atom is -0.491 e. The predicted molar refractivity (Wildman–Crippen MR) is 128 cm³/mol. The molecule has 1 saturated heterocycles. The Morgan fingerprint density at radius 3 is 2.47 bits per heavy atom. The zero-order valence-electron chi connectivity index (χ0n) is 18.5. The lowest BCUT2D eigenvalue weighted by molar-refractivity contribution is 0.0617. The van der Waals surface area contributed by atoms with Gasteiger partial charge in [-0.1, -0.05) is 12.5 Å². The first-order chi connectivity index (χ1) is 15.0. The van der Waals surface area contributed by atoms with E-state index in [1.165, 1.54) is 25.5 Å². The molecule has 1 aliphatic rings. The Morgan fingerprint density at radius 1 is 1.03 bits per heavy atom. The van der Waals surface area contributed by atoms with Crippen LogP contribution in [0.25, 0.3) is 11.0 Å². The molecule has 0 bridgehead atoms. The Hall–Kier alpha value is -2.54. The maximum absolute atomic E-state index is 12.8. The highest BCUT2D eigenvalue weighted by molar-refractivity contribution is 5.85. The molecule has 2 heterocycles. The second kappa shape index (κ2) is 10.9. The molecule has 0 saturated carbocycles. The molecule has 32 heavy (non-hydrogen) atoms. The molecule has 1 fully saturated rings. The average molecular weight is 460 g/mol. The van der Waals surface area contributed by atoms with Gasteiger partial charge in [0.15, 0.2) is 0 Å². The summed E-state index contributed by atoms with van der Waals surface area (Å²) in [4.78, 5) is 15.1. The second-order valence-electron chi connectivity index (χ2n) is 8.34. The van der Waals surface area contributed by atoms with Crippen LogP contribution in [0.4, 0.5) is 0 Å². The van der Waals surface area contributed by atoms with E-state index in [0.29, 0.717) is 29.0 Å². The van der Waals surface area contributed by atoms with Gasteiger partial charge in [-0.3, -0.25) is 4.79 Å². The van der Waals surface area contributed by atoms with Gasteiger partial charge >= 0.3 is 0 Å². The topological polar surface area (TPSA) is 72.1 Å². The Kier molecular flexibility index (Phi) is 8.18. The standard InChI is InChI=1S/C25H29NO5.ClH/c1-17-10-18(2)12-21(11-17)31-24-16-30-23-13-20(6-7-22(23)25(24)28)29-15-19(27)14-26-8-4-3-5-9-26;/h6-7,10-13,16,19,27H,3-5,8-9,14-15H2,1-2H3;1H. The molecule has 0 spiro atoms. The maximum atomic E-state index is 12.8. The summed E-state index contributed by atoms with van der Waals surface area (Å²) in [5, 5.41) is 10.7. The van der Waals surface area contributed by atoms with Crippen LogP contribution in [-0.4, -0.2) is 42.4 Å². The smallest absolute Gasteiger partial charge is 0.235 e. The number of aliphatic hydroxyl groups excluding tert-OH is 1. The zero-order valence-corrected chi connectivity index (χ0v) is 19.3. The molecule has 1 aliphatic heterocycles. The van der Waals surface area contributed by atoms with Crippen molar-refractivity contribution in [3.63, 3.8) is 0 Å². The molecule has 7 heteroatoms. The molecule has 3 aromatic rings. The van der Waals surface area contributed by atoms with Gasteiger partial charge in [0, 0.05) is 12.6 Å². The van der Waals surface area contributed by atoms with Crippen molar-refractivity contribution in [3.05, 3.63) is 64.0 Å². The maximum Gasteiger partial charge on any atom is 0.235 e. The fraction of sp³-hybridized carbons (Fsp3) is 0.400. The second-order valence-corrected chi connectivity index (χ2v) is 8.34. The number of halogens is 1. The molecule has 4 rings (SSSR count). The average Bonchev–Trinajstić information content (AvgIpc) is 2.74. The molecule has 1 unspecified atom stereocenters. The summed E-state index contributed by atoms with van der Waals surface area (Å²) < 4.78 is 17.2. The summed E-state index contributed by atoms with van der Waals surface area (Å²) in [6.07, 6.45) is 4.41. The highest BCUT2D eigenvalue weighted by Gasteiger charge is 2.16. The lowest BCUT2D eigenvalue weighted by atomic mass is 10.1. The molecule has 2 aromatic carbocycles. The predicted octanol–water partition coefficient (Wildman–Crippen LogP) is 4.85. The van der Waals surface area contributed by atoms with E-state index in [-0.39, 0.29) is 30.2 Å². The Bertz CT molecular complexity index is 1090. The first-order valence-electron chi connectivity index (χ1n) is 10.8. The number of likely N-dealkylation sites (tertiary alicyclic amines) is 1. The largest absolute Gasteiger partial charge is 0.491 e. The van der Waals surface area contributed by atoms with Gasteiger partial charge in [-0.05, 0) is 75.2 Å². The number of piperidine rings is 1. The Labute approximate surface area is 194 Å². The SMILES string of the molecule is Cc1cc(C)cc(Oc2coc3cc(OCC(O)CN4CCCCC4)ccc3c2=O)c1.Cl. The van der Waals surface area contributed by atoms with Crippen molar-refractivity contribution in [1.29, 1.82) is 0 Å². The van der Waals surface area contributed by atoms with Gasteiger partial charge in [0.05, 0.1) is 5.39 Å². The fourth-order valence-corrected chi connectivity index (χ4v) is 4.06. The van der Waals surface area contributed by atoms with Crippen LogP contribution in [0.3, 0.4) is 0 Å². The molecule has 6 nitrogen and oxygen atoms in total. The van der Waals surface area contributed by atoms with E-state index in [1.807, 2.05) is 32.0 Å². The number of β-amino-alcohol motifs (C(OH)–C–C–N with tert-alkyl or cyclic N) is 1. The number of benzene rings is 2. The molecule has 0 radical (unpaired) electrons. The number of hydrogen-bond donors (Lipinski definition) is 1. The van der Waals surface area contributed by atoms with Crippen molar-refractivity contribution in [2.24, 2.45) is 0 Å². The van der Waals surface area contributed by atoms with E-state index in [4.69, 9.17) is 13.9 Å². The highest BCUT2D eigenvalue weighted by Crippen LogP contribution is 2.25. The molecule has 0 aliphatic carbocycles. The van der Waals surface area contributed by atoms with Crippen LogP contribution in [0.1, 0.15) is 30.4 Å². The van der Waals surface area contributed by atoms with Gasteiger partial charge in [0.2, 0.25) is 11.2 Å². The van der Waals surface area contributed by atoms with Crippen LogP contribution in [-0.2, 0) is 0 Å². The Morgan fingerprint density at radius 2 is 1.75 bits per heavy atom. The monoisotopic (exact) mass is 459 g/mol. The Balaban J connectivity index is 0.00000289. The fourth-order valence-electron chi connectivity index (χ4n) is 4.06. The molecule has 0 amide bonds. The van der Waals surface area contributed by atoms with Crippen molar-refractivity contribution in [2.45, 2.75) is 39.2 Å². The normalized spacial score (nSPS) is 15.2. The third-order valence-corrected chi connectivity index (χ3v) is 5.50. The van der Waals surface area contributed by atoms with Crippen LogP contribution in [0.2, 0.25) is 0 Å². The van der Waals surface area contributed by atoms with Gasteiger partial charge in [0.1, 0.15) is 36.1 Å². The lowest BCUT2D eigenvalue weighted by Crippen LogP contribution is -2.38. The highest BCUT2D eigenvalue weighted by atomic mass is 35.5. The summed E-state index contributed by atoms with van der Waals surface area (Å²) in [5.41, 5.74) is 2.30. The van der Waals surface area contributed by atoms with Gasteiger partial charge < -0.3 is 23.9 Å². The van der Waals surface area contributed by atoms with Crippen LogP contribution in [0.15, 0.2) is 51.9 Å². The van der Waals surface area contributed by atoms with E-state index >= 15 is 0 Å². The van der Waals surface area contributed by atoms with Gasteiger partial charge in [-0.25, -0.2) is 0 Å². The van der Waals surface area contributed by atoms with Crippen molar-refractivity contribution in [3.8, 4) is 17.2 Å². The summed E-state index contributed by atoms with van der Waals surface area (Å²) in [6.45, 7) is 6.83. The number of nitrogens with zero attached hydrogens (tertiary/aromatic N) is 1. The molecule has 1 aromatic heterocycles. The van der Waals surface area contributed by atoms with E-state index in [2.05, 4.69) is 4.90 Å². The lowest BCUT2D eigenvalue weighted by Gasteiger charge is -2.28. The van der Waals surface area contributed by atoms with Crippen LogP contribution >= 0.6 is 12.4 Å². The van der Waals surface area contributed by atoms with E-state index in [0.717, 1.165) is 24.2 Å². The number of aliphatic hydroxyl groups is 1. The third kappa shape index (κ3) is 6.03. The number of ether oxygens (including phenoxy) is 2. The minimum atomic E-state index is -0.561. The van der Waals surface area contributed by atoms with E-state index in [1.54, 1.807) is 18.2 Å². The van der Waals surface area contributed by atoms with Crippen LogP contribution in [0, 0.1) is 13.8 Å². The van der Waals surface area contributed by atoms with Crippen molar-refractivity contribution < 1.29 is 19.0 Å². The summed E-state index contributed by atoms with van der Waals surface area (Å²) >= 11 is 0. The van der Waals surface area contributed by atoms with Crippen molar-refractivity contribution in [2.75, 3.05) is 26.2 Å². The van der Waals surface area contributed by atoms with Crippen LogP contribution < -0.4 is 14.9 Å². The van der Waals surface area contributed by atoms with Crippen LogP contribution in [0.5, 0.6) is 17.2 Å². The first kappa shape index (κ1) is 24.1. The number of hydrogen-bond acceptors (Lipinski definition) is 6. The van der Waals surface area contributed by atoms with Gasteiger partial charge in [0.25, 0.3) is 0 Å². The summed E-state index contributed by atoms with van der Waals surface area (Å²) in [5.74, 6) is 1.30. The van der Waals surface area contributed by atoms with E-state index in [9.17, 15) is 9.90 Å². The molecular formula is C25H30ClNO5. The molecule has 1 atom stereocenters. The number of fused-ring (bicyclic) bond motifs is 1. The van der Waals surface area contributed by atoms with Gasteiger partial charge in [-0.2, -0.15) is 0 Å².